The average Bonchev–Trinajstić information content (AvgIpc) is 2.47. The van der Waals surface area contributed by atoms with E-state index in [9.17, 15) is 26.4 Å². The number of sulfone groups is 1. The number of pyridine rings is 1. The molecular weight excluding hydrogens is 331 g/mol. The number of nitrogens with one attached hydrogen (secondary N) is 1. The molecular formula is C15H8F3NO3S. The second-order valence-corrected chi connectivity index (χ2v) is 6.67. The third kappa shape index (κ3) is 2.50. The van der Waals surface area contributed by atoms with Gasteiger partial charge in [0, 0.05) is 17.6 Å². The summed E-state index contributed by atoms with van der Waals surface area (Å²) in [6.45, 7) is 0. The van der Waals surface area contributed by atoms with Crippen LogP contribution in [0.1, 0.15) is 0 Å². The van der Waals surface area contributed by atoms with Gasteiger partial charge in [-0.05, 0) is 24.3 Å². The third-order valence-corrected chi connectivity index (χ3v) is 5.00. The van der Waals surface area contributed by atoms with Crippen LogP contribution in [0.4, 0.5) is 13.2 Å². The van der Waals surface area contributed by atoms with Crippen LogP contribution < -0.4 is 5.43 Å². The van der Waals surface area contributed by atoms with Crippen LogP contribution in [0, 0.1) is 17.5 Å². The molecule has 0 fully saturated rings. The smallest absolute Gasteiger partial charge is 0.212 e. The summed E-state index contributed by atoms with van der Waals surface area (Å²) in [7, 11) is -4.47. The summed E-state index contributed by atoms with van der Waals surface area (Å²) in [6.07, 6.45) is 0.811. The Morgan fingerprint density at radius 3 is 2.26 bits per heavy atom. The van der Waals surface area contributed by atoms with E-state index < -0.39 is 42.5 Å². The Hall–Kier alpha value is -2.61. The summed E-state index contributed by atoms with van der Waals surface area (Å²) in [5, 5.41) is -0.178. The van der Waals surface area contributed by atoms with Crippen LogP contribution >= 0.6 is 0 Å². The minimum absolute atomic E-state index is 0.151. The summed E-state index contributed by atoms with van der Waals surface area (Å²) < 4.78 is 65.0. The lowest BCUT2D eigenvalue weighted by Crippen LogP contribution is -2.17. The molecule has 4 nitrogen and oxygen atoms in total. The molecule has 3 rings (SSSR count). The van der Waals surface area contributed by atoms with Gasteiger partial charge in [-0.2, -0.15) is 0 Å². The first-order valence-electron chi connectivity index (χ1n) is 6.32. The molecule has 0 atom stereocenters. The van der Waals surface area contributed by atoms with Crippen molar-refractivity contribution < 1.29 is 21.6 Å². The number of H-pyrrole nitrogens is 1. The number of rotatable bonds is 2. The van der Waals surface area contributed by atoms with Crippen molar-refractivity contribution in [2.45, 2.75) is 9.79 Å². The first kappa shape index (κ1) is 15.3. The van der Waals surface area contributed by atoms with Crippen LogP contribution in [0.2, 0.25) is 0 Å². The van der Waals surface area contributed by atoms with E-state index in [4.69, 9.17) is 0 Å². The van der Waals surface area contributed by atoms with Gasteiger partial charge in [0.2, 0.25) is 15.3 Å². The number of hydrogen-bond donors (Lipinski definition) is 1. The van der Waals surface area contributed by atoms with Crippen LogP contribution in [0.25, 0.3) is 10.9 Å². The Morgan fingerprint density at radius 2 is 1.61 bits per heavy atom. The molecule has 1 N–H and O–H groups in total. The number of aromatic nitrogens is 1. The van der Waals surface area contributed by atoms with Gasteiger partial charge in [-0.15, -0.1) is 0 Å². The van der Waals surface area contributed by atoms with Gasteiger partial charge in [-0.25, -0.2) is 21.6 Å². The molecule has 0 aliphatic carbocycles. The van der Waals surface area contributed by atoms with Gasteiger partial charge in [0.25, 0.3) is 0 Å². The predicted octanol–water partition coefficient (Wildman–Crippen LogP) is 2.78. The molecule has 0 radical (unpaired) electrons. The number of aromatic amines is 1. The van der Waals surface area contributed by atoms with Crippen molar-refractivity contribution in [3.63, 3.8) is 0 Å². The first-order chi connectivity index (χ1) is 10.8. The molecule has 23 heavy (non-hydrogen) atoms. The lowest BCUT2D eigenvalue weighted by atomic mass is 10.2. The van der Waals surface area contributed by atoms with Gasteiger partial charge >= 0.3 is 0 Å². The van der Waals surface area contributed by atoms with Crippen LogP contribution in [0.15, 0.2) is 57.2 Å². The maximum atomic E-state index is 13.6. The molecule has 1 aromatic heterocycles. The first-order valence-corrected chi connectivity index (χ1v) is 7.80. The molecule has 8 heteroatoms. The maximum Gasteiger partial charge on any atom is 0.212 e. The zero-order valence-corrected chi connectivity index (χ0v) is 12.1. The molecule has 0 amide bonds. The fourth-order valence-corrected chi connectivity index (χ4v) is 3.56. The van der Waals surface area contributed by atoms with Crippen LogP contribution in [-0.2, 0) is 9.84 Å². The Kier molecular flexibility index (Phi) is 3.48. The Bertz CT molecular complexity index is 1070. The van der Waals surface area contributed by atoms with Gasteiger partial charge in [0.05, 0.1) is 10.4 Å². The van der Waals surface area contributed by atoms with Gasteiger partial charge in [0.15, 0.2) is 0 Å². The summed E-state index contributed by atoms with van der Waals surface area (Å²) in [4.78, 5) is 13.3. The summed E-state index contributed by atoms with van der Waals surface area (Å²) in [5.41, 5.74) is -1.11. The summed E-state index contributed by atoms with van der Waals surface area (Å²) >= 11 is 0. The largest absolute Gasteiger partial charge is 0.357 e. The summed E-state index contributed by atoms with van der Waals surface area (Å²) in [6, 6.07) is 5.34. The minimum atomic E-state index is -4.47. The molecule has 0 aliphatic rings. The fourth-order valence-electron chi connectivity index (χ4n) is 2.21. The number of para-hydroxylation sites is 1. The highest BCUT2D eigenvalue weighted by atomic mass is 32.2. The van der Waals surface area contributed by atoms with E-state index in [1.54, 1.807) is 0 Å². The standard InChI is InChI=1S/C15H8F3NO3S/c16-8-4-9(17)6-10(5-8)23(21,22)13-7-19-14-11(15(13)20)2-1-3-12(14)18/h1-7H,(H,19,20). The number of hydrogen-bond acceptors (Lipinski definition) is 3. The minimum Gasteiger partial charge on any atom is -0.357 e. The molecule has 0 aliphatic heterocycles. The van der Waals surface area contributed by atoms with E-state index >= 15 is 0 Å². The predicted molar refractivity (Wildman–Crippen MR) is 76.3 cm³/mol. The molecule has 0 saturated heterocycles. The second kappa shape index (κ2) is 5.24. The molecule has 0 unspecified atom stereocenters. The second-order valence-electron chi connectivity index (χ2n) is 4.75. The number of fused-ring (bicyclic) bond motifs is 1. The molecule has 1 heterocycles. The molecule has 0 saturated carbocycles. The maximum absolute atomic E-state index is 13.6. The average molecular weight is 339 g/mol. The van der Waals surface area contributed by atoms with E-state index in [1.807, 2.05) is 0 Å². The third-order valence-electron chi connectivity index (χ3n) is 3.27. The molecule has 0 spiro atoms. The Labute approximate surface area is 128 Å². The van der Waals surface area contributed by atoms with Gasteiger partial charge in [-0.1, -0.05) is 6.07 Å². The zero-order valence-electron chi connectivity index (χ0n) is 11.3. The number of benzene rings is 2. The van der Waals surface area contributed by atoms with E-state index in [1.165, 1.54) is 12.1 Å². The van der Waals surface area contributed by atoms with Gasteiger partial charge in [-0.3, -0.25) is 4.79 Å². The highest BCUT2D eigenvalue weighted by molar-refractivity contribution is 7.91. The Morgan fingerprint density at radius 1 is 0.957 bits per heavy atom. The molecule has 2 aromatic carbocycles. The van der Waals surface area contributed by atoms with Crippen LogP contribution in [0.3, 0.4) is 0 Å². The molecule has 0 bridgehead atoms. The SMILES string of the molecule is O=c1c(S(=O)(=O)c2cc(F)cc(F)c2)c[nH]c2c(F)cccc12. The Balaban J connectivity index is 2.31. The molecule has 118 valence electrons. The zero-order chi connectivity index (χ0) is 16.8. The van der Waals surface area contributed by atoms with Gasteiger partial charge in [0.1, 0.15) is 22.3 Å². The highest BCUT2D eigenvalue weighted by Crippen LogP contribution is 2.22. The van der Waals surface area contributed by atoms with Crippen molar-refractivity contribution in [1.82, 2.24) is 4.98 Å². The van der Waals surface area contributed by atoms with Crippen molar-refractivity contribution in [1.29, 1.82) is 0 Å². The van der Waals surface area contributed by atoms with Crippen LogP contribution in [-0.4, -0.2) is 13.4 Å². The van der Waals surface area contributed by atoms with E-state index in [0.29, 0.717) is 18.2 Å². The normalized spacial score (nSPS) is 11.8. The van der Waals surface area contributed by atoms with Gasteiger partial charge < -0.3 is 4.98 Å². The van der Waals surface area contributed by atoms with Crippen LogP contribution in [0.5, 0.6) is 0 Å². The van der Waals surface area contributed by atoms with Crippen molar-refractivity contribution >= 4 is 20.7 Å². The quantitative estimate of drug-likeness (QED) is 0.781. The van der Waals surface area contributed by atoms with Crippen molar-refractivity contribution in [2.24, 2.45) is 0 Å². The topological polar surface area (TPSA) is 67.0 Å². The monoisotopic (exact) mass is 339 g/mol. The molecule has 3 aromatic rings. The fraction of sp³-hybridized carbons (Fsp3) is 0. The van der Waals surface area contributed by atoms with Crippen molar-refractivity contribution in [3.8, 4) is 0 Å². The van der Waals surface area contributed by atoms with Crippen molar-refractivity contribution in [2.75, 3.05) is 0 Å². The number of halogens is 3. The van der Waals surface area contributed by atoms with E-state index in [2.05, 4.69) is 4.98 Å². The van der Waals surface area contributed by atoms with E-state index in [0.717, 1.165) is 12.3 Å². The van der Waals surface area contributed by atoms with Crippen molar-refractivity contribution in [3.05, 3.63) is 70.3 Å². The lowest BCUT2D eigenvalue weighted by molar-refractivity contribution is 0.566. The van der Waals surface area contributed by atoms with E-state index in [-0.39, 0.29) is 10.9 Å². The lowest BCUT2D eigenvalue weighted by Gasteiger charge is -2.06. The summed E-state index contributed by atoms with van der Waals surface area (Å²) in [5.74, 6) is -2.90. The highest BCUT2D eigenvalue weighted by Gasteiger charge is 2.24.